The van der Waals surface area contributed by atoms with Gasteiger partial charge in [-0.2, -0.15) is 0 Å². The molecule has 0 aromatic heterocycles. The van der Waals surface area contributed by atoms with Crippen LogP contribution in [0.2, 0.25) is 0 Å². The fraction of sp³-hybridized carbons (Fsp3) is 0.654. The molecule has 1 rings (SSSR count). The molecule has 1 aromatic carbocycles. The molecule has 0 bridgehead atoms. The first-order chi connectivity index (χ1) is 14.9. The van der Waals surface area contributed by atoms with E-state index in [4.69, 9.17) is 4.74 Å². The van der Waals surface area contributed by atoms with Crippen LogP contribution in [0.3, 0.4) is 0 Å². The molecule has 0 aliphatic rings. The van der Waals surface area contributed by atoms with Crippen LogP contribution in [0.1, 0.15) is 91.5 Å². The molecule has 3 amide bonds. The fourth-order valence-corrected chi connectivity index (χ4v) is 3.62. The average Bonchev–Trinajstić information content (AvgIpc) is 2.62. The van der Waals surface area contributed by atoms with E-state index in [9.17, 15) is 14.4 Å². The van der Waals surface area contributed by atoms with Gasteiger partial charge in [-0.15, -0.1) is 0 Å². The Morgan fingerprint density at radius 1 is 0.970 bits per heavy atom. The monoisotopic (exact) mass is 461 g/mol. The van der Waals surface area contributed by atoms with Crippen LogP contribution in [-0.4, -0.2) is 46.0 Å². The minimum absolute atomic E-state index is 0.257. The Bertz CT molecular complexity index is 843. The second-order valence-electron chi connectivity index (χ2n) is 11.2. The van der Waals surface area contributed by atoms with Gasteiger partial charge in [-0.1, -0.05) is 25.1 Å². The number of nitrogens with zero attached hydrogens (tertiary/aromatic N) is 1. The number of carbonyl (C=O) groups excluding carboxylic acids is 3. The Balaban J connectivity index is 3.51. The van der Waals surface area contributed by atoms with Crippen molar-refractivity contribution in [3.63, 3.8) is 0 Å². The first-order valence-corrected chi connectivity index (χ1v) is 11.6. The molecule has 1 atom stereocenters. The third-order valence-corrected chi connectivity index (χ3v) is 5.39. The maximum atomic E-state index is 13.7. The zero-order valence-corrected chi connectivity index (χ0v) is 22.3. The third-order valence-electron chi connectivity index (χ3n) is 5.39. The van der Waals surface area contributed by atoms with Crippen LogP contribution in [-0.2, 0) is 14.3 Å². The highest BCUT2D eigenvalue weighted by atomic mass is 16.6. The number of hydrogen-bond acceptors (Lipinski definition) is 4. The largest absolute Gasteiger partial charge is 0.444 e. The molecule has 7 heteroatoms. The van der Waals surface area contributed by atoms with Gasteiger partial charge in [0.2, 0.25) is 11.8 Å². The summed E-state index contributed by atoms with van der Waals surface area (Å²) in [6.45, 7) is 20.5. The van der Waals surface area contributed by atoms with Crippen molar-refractivity contribution >= 4 is 17.9 Å². The Hall–Kier alpha value is -2.57. The first kappa shape index (κ1) is 28.5. The van der Waals surface area contributed by atoms with Crippen molar-refractivity contribution in [3.05, 3.63) is 34.9 Å². The number of nitrogens with one attached hydrogen (secondary N) is 2. The normalized spacial score (nSPS) is 13.2. The number of carbonyl (C=O) groups is 3. The summed E-state index contributed by atoms with van der Waals surface area (Å²) in [6, 6.07) is 4.97. The number of aryl methyl sites for hydroxylation is 2. The molecule has 1 aromatic rings. The lowest BCUT2D eigenvalue weighted by Crippen LogP contribution is -2.57. The molecule has 2 N–H and O–H groups in total. The lowest BCUT2D eigenvalue weighted by molar-refractivity contribution is -0.147. The molecule has 0 heterocycles. The molecule has 0 saturated carbocycles. The summed E-state index contributed by atoms with van der Waals surface area (Å²) in [6.07, 6.45) is -0.0528. The summed E-state index contributed by atoms with van der Waals surface area (Å²) in [5.41, 5.74) is 0.838. The van der Waals surface area contributed by atoms with Crippen molar-refractivity contribution in [2.24, 2.45) is 0 Å². The zero-order chi connectivity index (χ0) is 25.8. The van der Waals surface area contributed by atoms with E-state index >= 15 is 0 Å². The van der Waals surface area contributed by atoms with Gasteiger partial charge in [-0.25, -0.2) is 4.79 Å². The molecule has 0 saturated heterocycles. The van der Waals surface area contributed by atoms with E-state index in [0.717, 1.165) is 16.7 Å². The molecule has 33 heavy (non-hydrogen) atoms. The molecule has 186 valence electrons. The van der Waals surface area contributed by atoms with Crippen LogP contribution >= 0.6 is 0 Å². The summed E-state index contributed by atoms with van der Waals surface area (Å²) in [5.74, 6) is -0.614. The highest BCUT2D eigenvalue weighted by molar-refractivity contribution is 5.91. The van der Waals surface area contributed by atoms with Gasteiger partial charge in [-0.05, 0) is 92.3 Å². The molecular formula is C26H43N3O4. The van der Waals surface area contributed by atoms with Crippen molar-refractivity contribution in [1.82, 2.24) is 15.5 Å². The quantitative estimate of drug-likeness (QED) is 0.610. The Morgan fingerprint density at radius 3 is 1.91 bits per heavy atom. The van der Waals surface area contributed by atoms with Crippen molar-refractivity contribution in [2.45, 2.75) is 105 Å². The maximum Gasteiger partial charge on any atom is 0.408 e. The van der Waals surface area contributed by atoms with E-state index < -0.39 is 28.8 Å². The fourth-order valence-electron chi connectivity index (χ4n) is 3.62. The van der Waals surface area contributed by atoms with Gasteiger partial charge < -0.3 is 20.3 Å². The van der Waals surface area contributed by atoms with Gasteiger partial charge in [-0.3, -0.25) is 9.59 Å². The predicted molar refractivity (Wildman–Crippen MR) is 132 cm³/mol. The molecular weight excluding hydrogens is 418 g/mol. The first-order valence-electron chi connectivity index (χ1n) is 11.6. The summed E-state index contributed by atoms with van der Waals surface area (Å²) in [4.78, 5) is 41.1. The molecule has 0 spiro atoms. The topological polar surface area (TPSA) is 87.7 Å². The van der Waals surface area contributed by atoms with Crippen molar-refractivity contribution < 1.29 is 19.1 Å². The van der Waals surface area contributed by atoms with Gasteiger partial charge in [0.15, 0.2) is 0 Å². The smallest absolute Gasteiger partial charge is 0.408 e. The predicted octanol–water partition coefficient (Wildman–Crippen LogP) is 4.80. The number of benzene rings is 1. The SMILES string of the molecule is CCC(C)(C)N(C(=O)CNC(=O)OC(C)(C)C)C(C(=O)NC(C)(C)C)c1c(C)cccc1C. The highest BCUT2D eigenvalue weighted by Crippen LogP contribution is 2.34. The van der Waals surface area contributed by atoms with Crippen LogP contribution in [0.4, 0.5) is 4.79 Å². The lowest BCUT2D eigenvalue weighted by Gasteiger charge is -2.44. The zero-order valence-electron chi connectivity index (χ0n) is 22.3. The summed E-state index contributed by atoms with van der Waals surface area (Å²) in [7, 11) is 0. The average molecular weight is 462 g/mol. The molecule has 0 fully saturated rings. The standard InChI is InChI=1S/C26H43N3O4/c1-12-26(10,11)29(19(30)16-27-23(32)33-25(7,8)9)21(22(31)28-24(4,5)6)20-17(2)14-13-15-18(20)3/h13-15,21H,12,16H2,1-11H3,(H,27,32)(H,28,31). The van der Waals surface area contributed by atoms with Crippen LogP contribution in [0.5, 0.6) is 0 Å². The Morgan fingerprint density at radius 2 is 1.48 bits per heavy atom. The number of amides is 3. The highest BCUT2D eigenvalue weighted by Gasteiger charge is 2.41. The van der Waals surface area contributed by atoms with E-state index in [1.165, 1.54) is 0 Å². The third kappa shape index (κ3) is 8.37. The lowest BCUT2D eigenvalue weighted by atomic mass is 9.88. The van der Waals surface area contributed by atoms with Gasteiger partial charge in [0, 0.05) is 11.1 Å². The van der Waals surface area contributed by atoms with Gasteiger partial charge >= 0.3 is 6.09 Å². The van der Waals surface area contributed by atoms with E-state index in [-0.39, 0.29) is 18.4 Å². The van der Waals surface area contributed by atoms with Gasteiger partial charge in [0.25, 0.3) is 0 Å². The molecule has 1 unspecified atom stereocenters. The molecule has 0 radical (unpaired) electrons. The number of rotatable bonds is 7. The Kier molecular flexibility index (Phi) is 9.12. The van der Waals surface area contributed by atoms with E-state index in [2.05, 4.69) is 10.6 Å². The second-order valence-corrected chi connectivity index (χ2v) is 11.2. The number of ether oxygens (including phenoxy) is 1. The van der Waals surface area contributed by atoms with Gasteiger partial charge in [0.1, 0.15) is 18.2 Å². The van der Waals surface area contributed by atoms with Crippen LogP contribution < -0.4 is 10.6 Å². The van der Waals surface area contributed by atoms with Crippen LogP contribution in [0, 0.1) is 13.8 Å². The molecule has 0 aliphatic heterocycles. The molecule has 0 aliphatic carbocycles. The summed E-state index contributed by atoms with van der Waals surface area (Å²) in [5, 5.41) is 5.61. The van der Waals surface area contributed by atoms with Crippen LogP contribution in [0.25, 0.3) is 0 Å². The summed E-state index contributed by atoms with van der Waals surface area (Å²) >= 11 is 0. The molecule has 7 nitrogen and oxygen atoms in total. The maximum absolute atomic E-state index is 13.7. The summed E-state index contributed by atoms with van der Waals surface area (Å²) < 4.78 is 5.28. The second kappa shape index (κ2) is 10.6. The van der Waals surface area contributed by atoms with Crippen molar-refractivity contribution in [1.29, 1.82) is 0 Å². The van der Waals surface area contributed by atoms with E-state index in [0.29, 0.717) is 6.42 Å². The van der Waals surface area contributed by atoms with Crippen molar-refractivity contribution in [3.8, 4) is 0 Å². The number of hydrogen-bond donors (Lipinski definition) is 2. The number of alkyl carbamates (subject to hydrolysis) is 1. The Labute approximate surface area is 199 Å². The minimum atomic E-state index is -0.853. The van der Waals surface area contributed by atoms with E-state index in [1.807, 2.05) is 73.6 Å². The van der Waals surface area contributed by atoms with E-state index in [1.54, 1.807) is 25.7 Å². The van der Waals surface area contributed by atoms with Crippen molar-refractivity contribution in [2.75, 3.05) is 6.54 Å². The van der Waals surface area contributed by atoms with Gasteiger partial charge in [0.05, 0.1) is 0 Å². The van der Waals surface area contributed by atoms with Crippen LogP contribution in [0.15, 0.2) is 18.2 Å². The minimum Gasteiger partial charge on any atom is -0.444 e.